The Bertz CT molecular complexity index is 513. The first-order chi connectivity index (χ1) is 9.40. The zero-order valence-corrected chi connectivity index (χ0v) is 11.9. The van der Waals surface area contributed by atoms with Crippen LogP contribution in [0.3, 0.4) is 0 Å². The Morgan fingerprint density at radius 3 is 2.80 bits per heavy atom. The van der Waals surface area contributed by atoms with E-state index in [1.807, 2.05) is 7.05 Å². The van der Waals surface area contributed by atoms with Crippen LogP contribution in [0.15, 0.2) is 6.07 Å². The van der Waals surface area contributed by atoms with E-state index in [0.717, 1.165) is 13.1 Å². The fraction of sp³-hybridized carbons (Fsp3) is 0.667. The van der Waals surface area contributed by atoms with Gasteiger partial charge >= 0.3 is 5.82 Å². The number of H-pyrrole nitrogens is 1. The molecule has 0 aliphatic carbocycles. The smallest absolute Gasteiger partial charge is 0.343 e. The summed E-state index contributed by atoms with van der Waals surface area (Å²) in [6.45, 7) is 6.34. The highest BCUT2D eigenvalue weighted by atomic mass is 16.6. The summed E-state index contributed by atoms with van der Waals surface area (Å²) >= 11 is 0. The number of likely N-dealkylation sites (N-methyl/N-ethyl adjacent to an activating group) is 1. The van der Waals surface area contributed by atoms with Gasteiger partial charge in [0.05, 0.1) is 6.07 Å². The predicted octanol–water partition coefficient (Wildman–Crippen LogP) is 0.730. The van der Waals surface area contributed by atoms with E-state index in [2.05, 4.69) is 28.9 Å². The maximum atomic E-state index is 12.5. The lowest BCUT2D eigenvalue weighted by atomic mass is 9.99. The molecule has 1 aliphatic rings. The largest absolute Gasteiger partial charge is 0.358 e. The second-order valence-electron chi connectivity index (χ2n) is 5.47. The van der Waals surface area contributed by atoms with Gasteiger partial charge in [0.1, 0.15) is 0 Å². The Hall–Kier alpha value is -1.96. The Morgan fingerprint density at radius 1 is 1.55 bits per heavy atom. The third-order valence-corrected chi connectivity index (χ3v) is 3.63. The van der Waals surface area contributed by atoms with Crippen molar-refractivity contribution in [2.24, 2.45) is 5.92 Å². The molecule has 1 fully saturated rings. The summed E-state index contributed by atoms with van der Waals surface area (Å²) in [5.74, 6) is -0.194. The average molecular weight is 281 g/mol. The van der Waals surface area contributed by atoms with Gasteiger partial charge < -0.3 is 19.9 Å². The molecule has 1 N–H and O–H groups in total. The molecule has 2 rings (SSSR count). The summed E-state index contributed by atoms with van der Waals surface area (Å²) in [5.41, 5.74) is 0.104. The maximum Gasteiger partial charge on any atom is 0.343 e. The highest BCUT2D eigenvalue weighted by Crippen LogP contribution is 2.19. The number of amides is 1. The zero-order chi connectivity index (χ0) is 14.9. The van der Waals surface area contributed by atoms with Crippen LogP contribution in [-0.2, 0) is 0 Å². The van der Waals surface area contributed by atoms with Gasteiger partial charge in [0.2, 0.25) is 0 Å². The zero-order valence-electron chi connectivity index (χ0n) is 11.9. The van der Waals surface area contributed by atoms with E-state index < -0.39 is 4.92 Å². The number of aromatic amines is 1. The highest BCUT2D eigenvalue weighted by molar-refractivity contribution is 5.93. The van der Waals surface area contributed by atoms with Gasteiger partial charge in [0, 0.05) is 25.7 Å². The number of carbonyl (C=O) groups excluding carboxylic acids is 1. The van der Waals surface area contributed by atoms with Crippen molar-refractivity contribution < 1.29 is 9.72 Å². The number of aromatic nitrogens is 2. The SMILES string of the molecule is CC(C)C1CN(C)CCN1C(=O)c1cc([N+](=O)[O-])[nH]n1. The predicted molar refractivity (Wildman–Crippen MR) is 72.4 cm³/mol. The van der Waals surface area contributed by atoms with Crippen molar-refractivity contribution in [2.75, 3.05) is 26.7 Å². The van der Waals surface area contributed by atoms with Crippen LogP contribution in [0.2, 0.25) is 0 Å². The molecule has 8 heteroatoms. The van der Waals surface area contributed by atoms with Crippen LogP contribution in [0.25, 0.3) is 0 Å². The van der Waals surface area contributed by atoms with Gasteiger partial charge in [0.25, 0.3) is 5.91 Å². The van der Waals surface area contributed by atoms with Gasteiger partial charge in [-0.05, 0) is 17.9 Å². The Labute approximate surface area is 116 Å². The first-order valence-corrected chi connectivity index (χ1v) is 6.59. The lowest BCUT2D eigenvalue weighted by Gasteiger charge is -2.41. The van der Waals surface area contributed by atoms with Crippen molar-refractivity contribution in [3.05, 3.63) is 21.9 Å². The van der Waals surface area contributed by atoms with Crippen molar-refractivity contribution in [1.29, 1.82) is 0 Å². The number of nitro groups is 1. The fourth-order valence-corrected chi connectivity index (χ4v) is 2.44. The molecule has 1 aromatic heterocycles. The van der Waals surface area contributed by atoms with Gasteiger partial charge in [-0.15, -0.1) is 5.10 Å². The topological polar surface area (TPSA) is 95.4 Å². The molecule has 0 bridgehead atoms. The number of carbonyl (C=O) groups is 1. The Kier molecular flexibility index (Phi) is 4.03. The number of hydrogen-bond donors (Lipinski definition) is 1. The molecular formula is C12H19N5O3. The summed E-state index contributed by atoms with van der Waals surface area (Å²) in [6.07, 6.45) is 0. The van der Waals surface area contributed by atoms with Gasteiger partial charge in [-0.3, -0.25) is 4.79 Å². The highest BCUT2D eigenvalue weighted by Gasteiger charge is 2.33. The molecule has 2 heterocycles. The summed E-state index contributed by atoms with van der Waals surface area (Å²) in [4.78, 5) is 26.5. The van der Waals surface area contributed by atoms with Gasteiger partial charge in [-0.1, -0.05) is 18.9 Å². The van der Waals surface area contributed by atoms with Crippen LogP contribution in [0, 0.1) is 16.0 Å². The third kappa shape index (κ3) is 2.79. The van der Waals surface area contributed by atoms with E-state index in [-0.39, 0.29) is 23.5 Å². The van der Waals surface area contributed by atoms with E-state index in [0.29, 0.717) is 12.5 Å². The summed E-state index contributed by atoms with van der Waals surface area (Å²) in [6, 6.07) is 1.29. The first kappa shape index (κ1) is 14.4. The number of nitrogens with zero attached hydrogens (tertiary/aromatic N) is 4. The fourth-order valence-electron chi connectivity index (χ4n) is 2.44. The van der Waals surface area contributed by atoms with E-state index >= 15 is 0 Å². The molecule has 20 heavy (non-hydrogen) atoms. The normalized spacial score (nSPS) is 20.4. The summed E-state index contributed by atoms with van der Waals surface area (Å²) < 4.78 is 0. The lowest BCUT2D eigenvalue weighted by molar-refractivity contribution is -0.389. The Morgan fingerprint density at radius 2 is 2.25 bits per heavy atom. The first-order valence-electron chi connectivity index (χ1n) is 6.59. The summed E-state index contributed by atoms with van der Waals surface area (Å²) in [7, 11) is 2.02. The van der Waals surface area contributed by atoms with Crippen LogP contribution >= 0.6 is 0 Å². The molecule has 1 saturated heterocycles. The van der Waals surface area contributed by atoms with Crippen molar-refractivity contribution in [3.63, 3.8) is 0 Å². The molecule has 1 aliphatic heterocycles. The maximum absolute atomic E-state index is 12.5. The molecule has 1 amide bonds. The lowest BCUT2D eigenvalue weighted by Crippen LogP contribution is -2.56. The Balaban J connectivity index is 2.19. The van der Waals surface area contributed by atoms with Crippen LogP contribution in [-0.4, -0.2) is 63.6 Å². The molecule has 8 nitrogen and oxygen atoms in total. The van der Waals surface area contributed by atoms with E-state index in [1.54, 1.807) is 4.90 Å². The number of rotatable bonds is 3. The molecule has 110 valence electrons. The van der Waals surface area contributed by atoms with Gasteiger partial charge in [-0.2, -0.15) is 0 Å². The molecule has 0 radical (unpaired) electrons. The summed E-state index contributed by atoms with van der Waals surface area (Å²) in [5, 5.41) is 16.7. The molecule has 1 atom stereocenters. The van der Waals surface area contributed by atoms with E-state index in [1.165, 1.54) is 6.07 Å². The monoisotopic (exact) mass is 281 g/mol. The third-order valence-electron chi connectivity index (χ3n) is 3.63. The minimum absolute atomic E-state index is 0.0945. The molecule has 0 aromatic carbocycles. The van der Waals surface area contributed by atoms with Gasteiger partial charge in [-0.25, -0.2) is 0 Å². The molecule has 0 saturated carbocycles. The average Bonchev–Trinajstić information content (AvgIpc) is 2.87. The van der Waals surface area contributed by atoms with Crippen molar-refractivity contribution >= 4 is 11.7 Å². The minimum Gasteiger partial charge on any atom is -0.358 e. The number of piperazine rings is 1. The van der Waals surface area contributed by atoms with Crippen LogP contribution in [0.4, 0.5) is 5.82 Å². The van der Waals surface area contributed by atoms with Crippen molar-refractivity contribution in [1.82, 2.24) is 20.0 Å². The van der Waals surface area contributed by atoms with Crippen LogP contribution in [0.1, 0.15) is 24.3 Å². The minimum atomic E-state index is -0.590. The van der Waals surface area contributed by atoms with Gasteiger partial charge in [0.15, 0.2) is 5.69 Å². The van der Waals surface area contributed by atoms with Crippen LogP contribution < -0.4 is 0 Å². The second kappa shape index (κ2) is 5.58. The van der Waals surface area contributed by atoms with Crippen molar-refractivity contribution in [2.45, 2.75) is 19.9 Å². The number of hydrogen-bond acceptors (Lipinski definition) is 5. The second-order valence-corrected chi connectivity index (χ2v) is 5.47. The van der Waals surface area contributed by atoms with E-state index in [4.69, 9.17) is 0 Å². The van der Waals surface area contributed by atoms with E-state index in [9.17, 15) is 14.9 Å². The van der Waals surface area contributed by atoms with Crippen molar-refractivity contribution in [3.8, 4) is 0 Å². The molecule has 1 aromatic rings. The molecule has 0 spiro atoms. The molecular weight excluding hydrogens is 262 g/mol. The number of nitrogens with one attached hydrogen (secondary N) is 1. The standard InChI is InChI=1S/C12H19N5O3/c1-8(2)10-7-15(3)4-5-16(10)12(18)9-6-11(14-13-9)17(19)20/h6,8,10H,4-5,7H2,1-3H3,(H,13,14). The molecule has 1 unspecified atom stereocenters. The quantitative estimate of drug-likeness (QED) is 0.651. The van der Waals surface area contributed by atoms with Crippen LogP contribution in [0.5, 0.6) is 0 Å².